The van der Waals surface area contributed by atoms with Crippen LogP contribution in [0.25, 0.3) is 0 Å². The average molecular weight is 253 g/mol. The van der Waals surface area contributed by atoms with Gasteiger partial charge in [-0.05, 0) is 37.1 Å². The topological polar surface area (TPSA) is 58.4 Å². The van der Waals surface area contributed by atoms with Crippen LogP contribution in [-0.4, -0.2) is 42.5 Å². The van der Waals surface area contributed by atoms with Gasteiger partial charge in [0.15, 0.2) is 0 Å². The van der Waals surface area contributed by atoms with E-state index < -0.39 is 6.04 Å². The van der Waals surface area contributed by atoms with Crippen molar-refractivity contribution in [2.75, 3.05) is 19.6 Å². The van der Waals surface area contributed by atoms with Gasteiger partial charge in [0.2, 0.25) is 5.91 Å². The van der Waals surface area contributed by atoms with Crippen LogP contribution in [0.5, 0.6) is 0 Å². The number of nitrogens with two attached hydrogens (primary N) is 1. The highest BCUT2D eigenvalue weighted by Crippen LogP contribution is 2.31. The van der Waals surface area contributed by atoms with Crippen LogP contribution < -0.4 is 11.1 Å². The third-order valence-electron chi connectivity index (χ3n) is 4.16. The molecule has 3 N–H and O–H groups in total. The van der Waals surface area contributed by atoms with E-state index in [0.29, 0.717) is 5.92 Å². The lowest BCUT2D eigenvalue weighted by Gasteiger charge is -2.26. The highest BCUT2D eigenvalue weighted by molar-refractivity contribution is 5.82. The molecular formula is C14H27N3O. The van der Waals surface area contributed by atoms with Crippen LogP contribution in [0.4, 0.5) is 0 Å². The van der Waals surface area contributed by atoms with Crippen LogP contribution in [0.15, 0.2) is 0 Å². The van der Waals surface area contributed by atoms with E-state index in [2.05, 4.69) is 10.2 Å². The Morgan fingerprint density at radius 1 is 1.39 bits per heavy atom. The maximum atomic E-state index is 11.9. The zero-order valence-corrected chi connectivity index (χ0v) is 11.9. The first-order chi connectivity index (χ1) is 8.38. The summed E-state index contributed by atoms with van der Waals surface area (Å²) in [6, 6.07) is 0.431. The summed E-state index contributed by atoms with van der Waals surface area (Å²) in [5.74, 6) is 0.606. The van der Waals surface area contributed by atoms with Gasteiger partial charge in [-0.3, -0.25) is 4.79 Å². The third-order valence-corrected chi connectivity index (χ3v) is 4.16. The number of rotatable bonds is 4. The Morgan fingerprint density at radius 3 is 2.61 bits per heavy atom. The van der Waals surface area contributed by atoms with E-state index >= 15 is 0 Å². The monoisotopic (exact) mass is 253 g/mol. The molecule has 1 aliphatic heterocycles. The minimum absolute atomic E-state index is 0.00706. The fourth-order valence-corrected chi connectivity index (χ4v) is 2.55. The first-order valence-corrected chi connectivity index (χ1v) is 7.15. The fraction of sp³-hybridized carbons (Fsp3) is 0.929. The molecule has 2 fully saturated rings. The van der Waals surface area contributed by atoms with Crippen LogP contribution in [0.2, 0.25) is 0 Å². The molecule has 1 saturated heterocycles. The molecule has 0 radical (unpaired) electrons. The first-order valence-electron chi connectivity index (χ1n) is 7.15. The number of likely N-dealkylation sites (tertiary alicyclic amines) is 1. The molecule has 0 bridgehead atoms. The normalized spacial score (nSPS) is 27.2. The molecule has 4 heteroatoms. The number of hydrogen-bond acceptors (Lipinski definition) is 3. The molecular weight excluding hydrogens is 226 g/mol. The number of nitrogens with one attached hydrogen (secondary N) is 1. The summed E-state index contributed by atoms with van der Waals surface area (Å²) in [5, 5.41) is 3.02. The number of carbonyl (C=O) groups is 1. The van der Waals surface area contributed by atoms with Crippen molar-refractivity contribution < 1.29 is 4.79 Å². The summed E-state index contributed by atoms with van der Waals surface area (Å²) in [7, 11) is 0. The van der Waals surface area contributed by atoms with Crippen molar-refractivity contribution in [3.63, 3.8) is 0 Å². The van der Waals surface area contributed by atoms with E-state index in [1.807, 2.05) is 20.8 Å². The van der Waals surface area contributed by atoms with E-state index in [-0.39, 0.29) is 11.3 Å². The summed E-state index contributed by atoms with van der Waals surface area (Å²) in [4.78, 5) is 14.5. The number of amides is 1. The molecule has 18 heavy (non-hydrogen) atoms. The maximum Gasteiger partial charge on any atom is 0.237 e. The van der Waals surface area contributed by atoms with Gasteiger partial charge < -0.3 is 16.0 Å². The van der Waals surface area contributed by atoms with Crippen molar-refractivity contribution in [1.82, 2.24) is 10.2 Å². The zero-order valence-electron chi connectivity index (χ0n) is 11.9. The van der Waals surface area contributed by atoms with Crippen molar-refractivity contribution in [2.24, 2.45) is 17.1 Å². The van der Waals surface area contributed by atoms with Gasteiger partial charge in [0.1, 0.15) is 0 Å². The Hall–Kier alpha value is -0.610. The van der Waals surface area contributed by atoms with Gasteiger partial charge >= 0.3 is 0 Å². The predicted molar refractivity (Wildman–Crippen MR) is 73.1 cm³/mol. The molecule has 2 atom stereocenters. The van der Waals surface area contributed by atoms with E-state index in [9.17, 15) is 4.79 Å². The van der Waals surface area contributed by atoms with Gasteiger partial charge in [-0.2, -0.15) is 0 Å². The van der Waals surface area contributed by atoms with Crippen LogP contribution in [0, 0.1) is 11.3 Å². The lowest BCUT2D eigenvalue weighted by atomic mass is 9.87. The second kappa shape index (κ2) is 5.17. The quantitative estimate of drug-likeness (QED) is 0.784. The molecule has 1 aliphatic carbocycles. The maximum absolute atomic E-state index is 11.9. The van der Waals surface area contributed by atoms with Gasteiger partial charge in [-0.1, -0.05) is 20.8 Å². The van der Waals surface area contributed by atoms with E-state index in [0.717, 1.165) is 19.1 Å². The smallest absolute Gasteiger partial charge is 0.237 e. The van der Waals surface area contributed by atoms with E-state index in [1.165, 1.54) is 25.8 Å². The Balaban J connectivity index is 1.70. The van der Waals surface area contributed by atoms with E-state index in [1.54, 1.807) is 0 Å². The number of carbonyl (C=O) groups excluding carboxylic acids is 1. The molecule has 0 aromatic rings. The standard InChI is InChI=1S/C14H27N3O/c1-14(2,3)12(15)13(18)16-8-10-6-7-17(9-10)11-4-5-11/h10-12H,4-9,15H2,1-3H3,(H,16,18). The second-order valence-corrected chi connectivity index (χ2v) is 6.97. The molecule has 1 amide bonds. The average Bonchev–Trinajstić information content (AvgIpc) is 3.04. The van der Waals surface area contributed by atoms with Gasteiger partial charge in [-0.25, -0.2) is 0 Å². The van der Waals surface area contributed by atoms with Crippen LogP contribution in [0.3, 0.4) is 0 Å². The van der Waals surface area contributed by atoms with Crippen LogP contribution in [-0.2, 0) is 4.79 Å². The van der Waals surface area contributed by atoms with Crippen molar-refractivity contribution in [3.05, 3.63) is 0 Å². The first kappa shape index (κ1) is 13.8. The summed E-state index contributed by atoms with van der Waals surface area (Å²) >= 11 is 0. The van der Waals surface area contributed by atoms with Crippen LogP contribution >= 0.6 is 0 Å². The SMILES string of the molecule is CC(C)(C)C(N)C(=O)NCC1CCN(C2CC2)C1. The lowest BCUT2D eigenvalue weighted by Crippen LogP contribution is -2.49. The lowest BCUT2D eigenvalue weighted by molar-refractivity contribution is -0.124. The molecule has 2 aliphatic rings. The minimum Gasteiger partial charge on any atom is -0.354 e. The zero-order chi connectivity index (χ0) is 13.3. The van der Waals surface area contributed by atoms with E-state index in [4.69, 9.17) is 5.73 Å². The van der Waals surface area contributed by atoms with Crippen molar-refractivity contribution in [3.8, 4) is 0 Å². The summed E-state index contributed by atoms with van der Waals surface area (Å²) in [6.07, 6.45) is 3.95. The second-order valence-electron chi connectivity index (χ2n) is 6.97. The highest BCUT2D eigenvalue weighted by atomic mass is 16.2. The van der Waals surface area contributed by atoms with Crippen molar-refractivity contribution in [2.45, 2.75) is 52.1 Å². The highest BCUT2D eigenvalue weighted by Gasteiger charge is 2.34. The fourth-order valence-electron chi connectivity index (χ4n) is 2.55. The van der Waals surface area contributed by atoms with Gasteiger partial charge in [0.05, 0.1) is 6.04 Å². The summed E-state index contributed by atoms with van der Waals surface area (Å²) in [5.41, 5.74) is 5.78. The summed E-state index contributed by atoms with van der Waals surface area (Å²) in [6.45, 7) is 9.14. The Kier molecular flexibility index (Phi) is 3.97. The molecule has 1 heterocycles. The largest absolute Gasteiger partial charge is 0.354 e. The van der Waals surface area contributed by atoms with Crippen LogP contribution in [0.1, 0.15) is 40.0 Å². The molecule has 2 rings (SSSR count). The molecule has 104 valence electrons. The Morgan fingerprint density at radius 2 is 2.06 bits per heavy atom. The third kappa shape index (κ3) is 3.45. The molecule has 2 unspecified atom stereocenters. The number of hydrogen-bond donors (Lipinski definition) is 2. The van der Waals surface area contributed by atoms with Crippen molar-refractivity contribution in [1.29, 1.82) is 0 Å². The molecule has 1 saturated carbocycles. The van der Waals surface area contributed by atoms with Gasteiger partial charge in [0, 0.05) is 19.1 Å². The predicted octanol–water partition coefficient (Wildman–Crippen LogP) is 0.960. The number of nitrogens with zero attached hydrogens (tertiary/aromatic N) is 1. The molecule has 0 aromatic carbocycles. The van der Waals surface area contributed by atoms with Gasteiger partial charge in [-0.15, -0.1) is 0 Å². The minimum atomic E-state index is -0.418. The molecule has 4 nitrogen and oxygen atoms in total. The molecule has 0 aromatic heterocycles. The van der Waals surface area contributed by atoms with Crippen molar-refractivity contribution >= 4 is 5.91 Å². The summed E-state index contributed by atoms with van der Waals surface area (Å²) < 4.78 is 0. The molecule has 0 spiro atoms. The van der Waals surface area contributed by atoms with Gasteiger partial charge in [0.25, 0.3) is 0 Å². The Bertz CT molecular complexity index is 307. The Labute approximate surface area is 110 Å².